The van der Waals surface area contributed by atoms with Crippen LogP contribution in [-0.2, 0) is 9.59 Å². The van der Waals surface area contributed by atoms with Crippen LogP contribution in [0, 0.1) is 0 Å². The van der Waals surface area contributed by atoms with E-state index in [-0.39, 0.29) is 24.4 Å². The molecule has 0 aliphatic carbocycles. The fraction of sp³-hybridized carbons (Fsp3) is 0.706. The first-order chi connectivity index (χ1) is 11.0. The molecule has 0 spiro atoms. The Morgan fingerprint density at radius 1 is 1.22 bits per heavy atom. The van der Waals surface area contributed by atoms with Gasteiger partial charge in [0, 0.05) is 18.5 Å². The molecule has 0 unspecified atom stereocenters. The number of anilines is 1. The van der Waals surface area contributed by atoms with E-state index >= 15 is 0 Å². The van der Waals surface area contributed by atoms with E-state index in [2.05, 4.69) is 21.9 Å². The van der Waals surface area contributed by atoms with Gasteiger partial charge in [0.2, 0.25) is 11.8 Å². The van der Waals surface area contributed by atoms with E-state index in [1.807, 2.05) is 13.8 Å². The summed E-state index contributed by atoms with van der Waals surface area (Å²) in [7, 11) is 0. The van der Waals surface area contributed by atoms with Crippen molar-refractivity contribution >= 4 is 17.6 Å². The molecule has 6 nitrogen and oxygen atoms in total. The molecule has 130 valence electrons. The van der Waals surface area contributed by atoms with Crippen LogP contribution in [0.15, 0.2) is 16.9 Å². The maximum Gasteiger partial charge on any atom is 0.245 e. The Morgan fingerprint density at radius 3 is 2.52 bits per heavy atom. The Morgan fingerprint density at radius 2 is 1.91 bits per heavy atom. The monoisotopic (exact) mass is 323 g/mol. The zero-order valence-corrected chi connectivity index (χ0v) is 14.5. The standard InChI is InChI=1S/C17H29N3O3/c1-4-5-6-7-8-9-10-17(22)20(14(2)3)13-16(21)18-15-11-12-23-19-15/h11-12,14H,4-10,13H2,1-3H3,(H,18,19,21). The quantitative estimate of drug-likeness (QED) is 0.631. The minimum absolute atomic E-state index is 0.00866. The van der Waals surface area contributed by atoms with Crippen LogP contribution < -0.4 is 5.32 Å². The number of carbonyl (C=O) groups excluding carboxylic acids is 2. The lowest BCUT2D eigenvalue weighted by molar-refractivity contribution is -0.136. The fourth-order valence-corrected chi connectivity index (χ4v) is 2.37. The van der Waals surface area contributed by atoms with Crippen LogP contribution >= 0.6 is 0 Å². The van der Waals surface area contributed by atoms with Crippen molar-refractivity contribution in [3.63, 3.8) is 0 Å². The van der Waals surface area contributed by atoms with E-state index in [0.717, 1.165) is 12.8 Å². The summed E-state index contributed by atoms with van der Waals surface area (Å²) in [4.78, 5) is 25.9. The van der Waals surface area contributed by atoms with Crippen LogP contribution in [0.3, 0.4) is 0 Å². The van der Waals surface area contributed by atoms with Crippen LogP contribution in [0.4, 0.5) is 5.82 Å². The van der Waals surface area contributed by atoms with Crippen molar-refractivity contribution in [2.24, 2.45) is 0 Å². The predicted molar refractivity (Wildman–Crippen MR) is 90.0 cm³/mol. The number of rotatable bonds is 11. The highest BCUT2D eigenvalue weighted by Gasteiger charge is 2.20. The highest BCUT2D eigenvalue weighted by Crippen LogP contribution is 2.10. The molecule has 0 aromatic carbocycles. The Hall–Kier alpha value is -1.85. The van der Waals surface area contributed by atoms with E-state index in [0.29, 0.717) is 12.2 Å². The molecule has 1 aromatic rings. The molecular weight excluding hydrogens is 294 g/mol. The molecule has 1 rings (SSSR count). The second kappa shape index (κ2) is 10.8. The molecule has 0 aliphatic heterocycles. The average molecular weight is 323 g/mol. The van der Waals surface area contributed by atoms with Crippen molar-refractivity contribution in [1.82, 2.24) is 10.1 Å². The topological polar surface area (TPSA) is 75.4 Å². The maximum atomic E-state index is 12.3. The van der Waals surface area contributed by atoms with Gasteiger partial charge in [-0.15, -0.1) is 0 Å². The number of hydrogen-bond acceptors (Lipinski definition) is 4. The molecule has 0 bridgehead atoms. The van der Waals surface area contributed by atoms with E-state index < -0.39 is 0 Å². The van der Waals surface area contributed by atoms with Crippen molar-refractivity contribution in [1.29, 1.82) is 0 Å². The minimum atomic E-state index is -0.260. The number of carbonyl (C=O) groups is 2. The van der Waals surface area contributed by atoms with E-state index in [9.17, 15) is 9.59 Å². The molecule has 1 N–H and O–H groups in total. The van der Waals surface area contributed by atoms with Crippen LogP contribution in [0.5, 0.6) is 0 Å². The van der Waals surface area contributed by atoms with Gasteiger partial charge in [0.1, 0.15) is 12.8 Å². The molecule has 1 heterocycles. The molecule has 0 saturated heterocycles. The zero-order chi connectivity index (χ0) is 17.1. The third-order valence-corrected chi connectivity index (χ3v) is 3.71. The number of nitrogens with one attached hydrogen (secondary N) is 1. The van der Waals surface area contributed by atoms with Crippen molar-refractivity contribution < 1.29 is 14.1 Å². The normalized spacial score (nSPS) is 10.8. The first-order valence-corrected chi connectivity index (χ1v) is 8.54. The van der Waals surface area contributed by atoms with Gasteiger partial charge in [-0.3, -0.25) is 9.59 Å². The first-order valence-electron chi connectivity index (χ1n) is 8.54. The van der Waals surface area contributed by atoms with E-state index in [1.54, 1.807) is 11.0 Å². The number of amides is 2. The molecule has 1 aromatic heterocycles. The van der Waals surface area contributed by atoms with E-state index in [1.165, 1.54) is 31.9 Å². The van der Waals surface area contributed by atoms with Crippen LogP contribution in [-0.4, -0.2) is 34.5 Å². The van der Waals surface area contributed by atoms with Crippen molar-refractivity contribution in [2.45, 2.75) is 71.8 Å². The molecule has 0 aliphatic rings. The summed E-state index contributed by atoms with van der Waals surface area (Å²) in [5.41, 5.74) is 0. The van der Waals surface area contributed by atoms with Gasteiger partial charge in [0.25, 0.3) is 0 Å². The van der Waals surface area contributed by atoms with Gasteiger partial charge in [-0.25, -0.2) is 0 Å². The summed E-state index contributed by atoms with van der Waals surface area (Å²) in [6.07, 6.45) is 8.74. The lowest BCUT2D eigenvalue weighted by Gasteiger charge is -2.26. The summed E-state index contributed by atoms with van der Waals surface area (Å²) >= 11 is 0. The molecule has 6 heteroatoms. The van der Waals surface area contributed by atoms with Gasteiger partial charge in [0.15, 0.2) is 5.82 Å². The summed E-state index contributed by atoms with van der Waals surface area (Å²) in [5, 5.41) is 6.24. The Kier molecular flexibility index (Phi) is 9.02. The molecule has 0 radical (unpaired) electrons. The third kappa shape index (κ3) is 7.81. The van der Waals surface area contributed by atoms with Crippen LogP contribution in [0.25, 0.3) is 0 Å². The molecular formula is C17H29N3O3. The van der Waals surface area contributed by atoms with Crippen molar-refractivity contribution in [3.05, 3.63) is 12.3 Å². The van der Waals surface area contributed by atoms with E-state index in [4.69, 9.17) is 0 Å². The van der Waals surface area contributed by atoms with Gasteiger partial charge < -0.3 is 14.7 Å². The first kappa shape index (κ1) is 19.2. The third-order valence-electron chi connectivity index (χ3n) is 3.71. The van der Waals surface area contributed by atoms with Gasteiger partial charge in [0.05, 0.1) is 0 Å². The van der Waals surface area contributed by atoms with Crippen molar-refractivity contribution in [3.8, 4) is 0 Å². The van der Waals surface area contributed by atoms with Gasteiger partial charge in [-0.05, 0) is 20.3 Å². The Balaban J connectivity index is 2.34. The summed E-state index contributed by atoms with van der Waals surface area (Å²) in [6.45, 7) is 6.07. The number of aromatic nitrogens is 1. The predicted octanol–water partition coefficient (Wildman–Crippen LogP) is 3.60. The summed E-state index contributed by atoms with van der Waals surface area (Å²) in [5.74, 6) is 0.136. The van der Waals surface area contributed by atoms with Crippen LogP contribution in [0.2, 0.25) is 0 Å². The molecule has 0 atom stereocenters. The second-order valence-corrected chi connectivity index (χ2v) is 6.07. The highest BCUT2D eigenvalue weighted by atomic mass is 16.5. The molecule has 0 fully saturated rings. The summed E-state index contributed by atoms with van der Waals surface area (Å²) in [6, 6.07) is 1.56. The van der Waals surface area contributed by atoms with Crippen molar-refractivity contribution in [2.75, 3.05) is 11.9 Å². The second-order valence-electron chi connectivity index (χ2n) is 6.07. The Bertz CT molecular complexity index is 458. The molecule has 0 saturated carbocycles. The number of nitrogens with zero attached hydrogens (tertiary/aromatic N) is 2. The largest absolute Gasteiger partial charge is 0.363 e. The summed E-state index contributed by atoms with van der Waals surface area (Å²) < 4.78 is 4.66. The average Bonchev–Trinajstić information content (AvgIpc) is 3.00. The molecule has 23 heavy (non-hydrogen) atoms. The lowest BCUT2D eigenvalue weighted by Crippen LogP contribution is -2.42. The zero-order valence-electron chi connectivity index (χ0n) is 14.5. The molecule has 2 amide bonds. The van der Waals surface area contributed by atoms with Gasteiger partial charge in [-0.1, -0.05) is 44.2 Å². The minimum Gasteiger partial charge on any atom is -0.363 e. The van der Waals surface area contributed by atoms with Crippen LogP contribution in [0.1, 0.15) is 65.7 Å². The lowest BCUT2D eigenvalue weighted by atomic mass is 10.1. The van der Waals surface area contributed by atoms with Gasteiger partial charge in [-0.2, -0.15) is 0 Å². The fourth-order valence-electron chi connectivity index (χ4n) is 2.37. The Labute approximate surface area is 138 Å². The highest BCUT2D eigenvalue weighted by molar-refractivity contribution is 5.93. The number of unbranched alkanes of at least 4 members (excludes halogenated alkanes) is 5. The number of hydrogen-bond donors (Lipinski definition) is 1. The SMILES string of the molecule is CCCCCCCCC(=O)N(CC(=O)Nc1ccon1)C(C)C. The van der Waals surface area contributed by atoms with Gasteiger partial charge >= 0.3 is 0 Å². The maximum absolute atomic E-state index is 12.3. The smallest absolute Gasteiger partial charge is 0.245 e.